The summed E-state index contributed by atoms with van der Waals surface area (Å²) in [6.07, 6.45) is 10.3. The number of nitrogens with zero attached hydrogens (tertiary/aromatic N) is 1. The van der Waals surface area contributed by atoms with Crippen molar-refractivity contribution >= 4 is 0 Å². The zero-order chi connectivity index (χ0) is 24.0. The highest BCUT2D eigenvalue weighted by atomic mass is 16.5. The number of benzene rings is 2. The maximum atomic E-state index is 10.5. The minimum absolute atomic E-state index is 0.200. The maximum Gasteiger partial charge on any atom is 0.127 e. The van der Waals surface area contributed by atoms with Crippen molar-refractivity contribution in [1.82, 2.24) is 10.6 Å². The van der Waals surface area contributed by atoms with E-state index < -0.39 is 6.10 Å². The van der Waals surface area contributed by atoms with E-state index in [1.54, 1.807) is 24.3 Å². The van der Waals surface area contributed by atoms with Gasteiger partial charge in [0.2, 0.25) is 0 Å². The second kappa shape index (κ2) is 10.6. The first-order chi connectivity index (χ1) is 16.4. The monoisotopic (exact) mass is 457 g/mol. The van der Waals surface area contributed by atoms with Crippen LogP contribution in [-0.4, -0.2) is 35.9 Å². The standard InChI is InChI=1S/C28H31N3O3/c1-28(2,31-18-22(32)19-33-27-5-3-4-26-25(27)14-15-30-26)16-20-6-10-23(11-7-20)34-24-12-8-21(17-29)9-13-24/h3-15,22,25-26,30-32H,16,18-19H2,1-2H3/t22-,25?,26?/m0/s1. The minimum atomic E-state index is -0.605. The molecule has 0 saturated heterocycles. The average molecular weight is 458 g/mol. The van der Waals surface area contributed by atoms with Gasteiger partial charge in [-0.05, 0) is 74.5 Å². The van der Waals surface area contributed by atoms with E-state index in [0.29, 0.717) is 17.9 Å². The van der Waals surface area contributed by atoms with Crippen LogP contribution in [0.15, 0.2) is 84.8 Å². The molecule has 6 heteroatoms. The van der Waals surface area contributed by atoms with Gasteiger partial charge in [-0.3, -0.25) is 0 Å². The van der Waals surface area contributed by atoms with Crippen molar-refractivity contribution in [2.75, 3.05) is 13.2 Å². The highest BCUT2D eigenvalue weighted by molar-refractivity contribution is 5.38. The van der Waals surface area contributed by atoms with E-state index in [9.17, 15) is 5.11 Å². The van der Waals surface area contributed by atoms with Crippen molar-refractivity contribution < 1.29 is 14.6 Å². The molecule has 3 atom stereocenters. The summed E-state index contributed by atoms with van der Waals surface area (Å²) in [7, 11) is 0. The molecule has 2 aromatic rings. The molecular formula is C28H31N3O3. The number of hydrogen-bond acceptors (Lipinski definition) is 6. The van der Waals surface area contributed by atoms with E-state index in [1.807, 2.05) is 42.6 Å². The first-order valence-corrected chi connectivity index (χ1v) is 11.6. The zero-order valence-electron chi connectivity index (χ0n) is 19.6. The topological polar surface area (TPSA) is 86.5 Å². The Kier molecular flexibility index (Phi) is 7.36. The summed E-state index contributed by atoms with van der Waals surface area (Å²) in [4.78, 5) is 0. The summed E-state index contributed by atoms with van der Waals surface area (Å²) in [5.74, 6) is 2.52. The van der Waals surface area contributed by atoms with E-state index in [2.05, 4.69) is 42.7 Å². The number of fused-ring (bicyclic) bond motifs is 1. The van der Waals surface area contributed by atoms with E-state index in [-0.39, 0.29) is 24.1 Å². The fourth-order valence-electron chi connectivity index (χ4n) is 4.09. The Morgan fingerprint density at radius 2 is 1.79 bits per heavy atom. The zero-order valence-corrected chi connectivity index (χ0v) is 19.6. The predicted molar refractivity (Wildman–Crippen MR) is 132 cm³/mol. The van der Waals surface area contributed by atoms with Crippen molar-refractivity contribution in [3.8, 4) is 17.6 Å². The molecule has 34 heavy (non-hydrogen) atoms. The number of ether oxygens (including phenoxy) is 2. The number of aliphatic hydroxyl groups excluding tert-OH is 1. The van der Waals surface area contributed by atoms with Gasteiger partial charge in [0.25, 0.3) is 0 Å². The Labute approximate surface area is 201 Å². The van der Waals surface area contributed by atoms with Crippen molar-refractivity contribution in [2.24, 2.45) is 5.92 Å². The normalized spacial score (nSPS) is 19.5. The molecule has 0 aromatic heterocycles. The van der Waals surface area contributed by atoms with Crippen LogP contribution in [0, 0.1) is 17.2 Å². The van der Waals surface area contributed by atoms with Gasteiger partial charge < -0.3 is 25.2 Å². The lowest BCUT2D eigenvalue weighted by atomic mass is 9.94. The summed E-state index contributed by atoms with van der Waals surface area (Å²) in [5.41, 5.74) is 1.57. The molecular weight excluding hydrogens is 426 g/mol. The SMILES string of the molecule is CC(C)(Cc1ccc(Oc2ccc(C#N)cc2)cc1)NC[C@H](O)COC1=CC=CC2NC=CC12. The summed E-state index contributed by atoms with van der Waals surface area (Å²) in [6, 6.07) is 17.4. The number of aliphatic hydroxyl groups is 1. The van der Waals surface area contributed by atoms with Crippen LogP contribution in [0.2, 0.25) is 0 Å². The molecule has 0 amide bonds. The molecule has 3 N–H and O–H groups in total. The summed E-state index contributed by atoms with van der Waals surface area (Å²) in [6.45, 7) is 4.94. The molecule has 0 spiro atoms. The second-order valence-corrected chi connectivity index (χ2v) is 9.32. The molecule has 2 unspecified atom stereocenters. The maximum absolute atomic E-state index is 10.5. The van der Waals surface area contributed by atoms with Gasteiger partial charge in [-0.1, -0.05) is 30.4 Å². The Morgan fingerprint density at radius 1 is 1.09 bits per heavy atom. The molecule has 4 rings (SSSR count). The summed E-state index contributed by atoms with van der Waals surface area (Å²) < 4.78 is 11.8. The fraction of sp³-hybridized carbons (Fsp3) is 0.321. The Balaban J connectivity index is 1.22. The molecule has 1 heterocycles. The van der Waals surface area contributed by atoms with Gasteiger partial charge in [0.15, 0.2) is 0 Å². The van der Waals surface area contributed by atoms with Crippen molar-refractivity contribution in [3.63, 3.8) is 0 Å². The van der Waals surface area contributed by atoms with Crippen LogP contribution in [0.4, 0.5) is 0 Å². The number of allylic oxidation sites excluding steroid dienone is 2. The van der Waals surface area contributed by atoms with Crippen LogP contribution in [0.3, 0.4) is 0 Å². The van der Waals surface area contributed by atoms with Crippen LogP contribution in [0.25, 0.3) is 0 Å². The minimum Gasteiger partial charge on any atom is -0.494 e. The molecule has 1 aliphatic carbocycles. The largest absolute Gasteiger partial charge is 0.494 e. The smallest absolute Gasteiger partial charge is 0.127 e. The van der Waals surface area contributed by atoms with Gasteiger partial charge in [-0.2, -0.15) is 5.26 Å². The average Bonchev–Trinajstić information content (AvgIpc) is 3.33. The van der Waals surface area contributed by atoms with Crippen LogP contribution < -0.4 is 15.4 Å². The van der Waals surface area contributed by atoms with Gasteiger partial charge >= 0.3 is 0 Å². The van der Waals surface area contributed by atoms with Crippen molar-refractivity contribution in [2.45, 2.75) is 38.0 Å². The fourth-order valence-corrected chi connectivity index (χ4v) is 4.09. The molecule has 6 nitrogen and oxygen atoms in total. The highest BCUT2D eigenvalue weighted by Gasteiger charge is 2.27. The predicted octanol–water partition coefficient (Wildman–Crippen LogP) is 4.19. The molecule has 1 aliphatic heterocycles. The summed E-state index contributed by atoms with van der Waals surface area (Å²) >= 11 is 0. The third-order valence-electron chi connectivity index (χ3n) is 5.93. The van der Waals surface area contributed by atoms with E-state index >= 15 is 0 Å². The highest BCUT2D eigenvalue weighted by Crippen LogP contribution is 2.27. The van der Waals surface area contributed by atoms with Crippen LogP contribution in [0.5, 0.6) is 11.5 Å². The molecule has 176 valence electrons. The van der Waals surface area contributed by atoms with Crippen molar-refractivity contribution in [1.29, 1.82) is 5.26 Å². The molecule has 2 aliphatic rings. The first kappa shape index (κ1) is 23.6. The molecule has 0 bridgehead atoms. The summed E-state index contributed by atoms with van der Waals surface area (Å²) in [5, 5.41) is 26.1. The third-order valence-corrected chi connectivity index (χ3v) is 5.93. The van der Waals surface area contributed by atoms with Crippen LogP contribution in [0.1, 0.15) is 25.0 Å². The van der Waals surface area contributed by atoms with Gasteiger partial charge in [0, 0.05) is 12.1 Å². The van der Waals surface area contributed by atoms with E-state index in [1.165, 1.54) is 5.56 Å². The number of β-amino-alcohol motifs (C(OH)–C–C–N with tert-alkyl or cyclic N) is 1. The number of hydrogen-bond donors (Lipinski definition) is 3. The van der Waals surface area contributed by atoms with Gasteiger partial charge in [-0.25, -0.2) is 0 Å². The molecule has 0 saturated carbocycles. The Morgan fingerprint density at radius 3 is 2.50 bits per heavy atom. The molecule has 0 fully saturated rings. The Bertz CT molecular complexity index is 1100. The van der Waals surface area contributed by atoms with E-state index in [4.69, 9.17) is 14.7 Å². The van der Waals surface area contributed by atoms with Crippen LogP contribution >= 0.6 is 0 Å². The Hall–Kier alpha value is -3.53. The number of nitrogens with one attached hydrogen (secondary N) is 2. The van der Waals surface area contributed by atoms with Gasteiger partial charge in [0.1, 0.15) is 30.0 Å². The lowest BCUT2D eigenvalue weighted by Crippen LogP contribution is -2.46. The van der Waals surface area contributed by atoms with Crippen LogP contribution in [-0.2, 0) is 11.2 Å². The quantitative estimate of drug-likeness (QED) is 0.496. The molecule has 0 radical (unpaired) electrons. The lowest BCUT2D eigenvalue weighted by molar-refractivity contribution is 0.0578. The molecule has 2 aromatic carbocycles. The number of rotatable bonds is 10. The van der Waals surface area contributed by atoms with Crippen molar-refractivity contribution in [3.05, 3.63) is 95.9 Å². The van der Waals surface area contributed by atoms with E-state index in [0.717, 1.165) is 17.9 Å². The first-order valence-electron chi connectivity index (χ1n) is 11.6. The van der Waals surface area contributed by atoms with Gasteiger partial charge in [0.05, 0.1) is 23.6 Å². The second-order valence-electron chi connectivity index (χ2n) is 9.32. The number of nitriles is 1. The third kappa shape index (κ3) is 6.28. The lowest BCUT2D eigenvalue weighted by Gasteiger charge is -2.29. The van der Waals surface area contributed by atoms with Gasteiger partial charge in [-0.15, -0.1) is 0 Å².